The Balaban J connectivity index is 2.05. The van der Waals surface area contributed by atoms with E-state index in [1.807, 2.05) is 6.07 Å². The lowest BCUT2D eigenvalue weighted by molar-refractivity contribution is 0.304. The van der Waals surface area contributed by atoms with Gasteiger partial charge in [-0.25, -0.2) is 9.97 Å². The zero-order valence-electron chi connectivity index (χ0n) is 13.5. The maximum absolute atomic E-state index is 5.62. The molecule has 5 heteroatoms. The lowest BCUT2D eigenvalue weighted by Gasteiger charge is -2.34. The third-order valence-electron chi connectivity index (χ3n) is 3.83. The molecule has 0 aromatic carbocycles. The number of ether oxygens (including phenoxy) is 1. The third kappa shape index (κ3) is 4.84. The van der Waals surface area contributed by atoms with Crippen LogP contribution in [-0.2, 0) is 0 Å². The van der Waals surface area contributed by atoms with E-state index in [1.165, 1.54) is 19.3 Å². The molecule has 0 bridgehead atoms. The average Bonchev–Trinajstić information content (AvgIpc) is 2.51. The minimum Gasteiger partial charge on any atom is -0.478 e. The SMILES string of the molecule is CCCOc1cc(N(CC2CCCCN2)C(C)C)ncn1. The normalized spacial score (nSPS) is 18.8. The molecular weight excluding hydrogens is 264 g/mol. The minimum absolute atomic E-state index is 0.405. The van der Waals surface area contributed by atoms with E-state index < -0.39 is 0 Å². The fourth-order valence-corrected chi connectivity index (χ4v) is 2.66. The Kier molecular flexibility index (Phi) is 6.23. The van der Waals surface area contributed by atoms with Gasteiger partial charge in [-0.05, 0) is 39.7 Å². The first-order valence-electron chi connectivity index (χ1n) is 8.15. The second-order valence-electron chi connectivity index (χ2n) is 5.96. The molecule has 0 aliphatic carbocycles. The molecule has 5 nitrogen and oxygen atoms in total. The highest BCUT2D eigenvalue weighted by atomic mass is 16.5. The third-order valence-corrected chi connectivity index (χ3v) is 3.83. The van der Waals surface area contributed by atoms with Crippen molar-refractivity contribution in [2.45, 2.75) is 58.5 Å². The summed E-state index contributed by atoms with van der Waals surface area (Å²) in [6.07, 6.45) is 6.44. The average molecular weight is 292 g/mol. The molecule has 0 saturated carbocycles. The molecule has 0 spiro atoms. The van der Waals surface area contributed by atoms with Crippen molar-refractivity contribution in [2.75, 3.05) is 24.6 Å². The van der Waals surface area contributed by atoms with E-state index in [1.54, 1.807) is 6.33 Å². The van der Waals surface area contributed by atoms with Crippen LogP contribution in [0, 0.1) is 0 Å². The first kappa shape index (κ1) is 16.0. The van der Waals surface area contributed by atoms with E-state index >= 15 is 0 Å². The molecule has 1 aromatic rings. The van der Waals surface area contributed by atoms with Gasteiger partial charge in [-0.1, -0.05) is 13.3 Å². The Hall–Kier alpha value is -1.36. The van der Waals surface area contributed by atoms with Crippen LogP contribution in [0.25, 0.3) is 0 Å². The Morgan fingerprint density at radius 1 is 1.38 bits per heavy atom. The molecule has 21 heavy (non-hydrogen) atoms. The van der Waals surface area contributed by atoms with Gasteiger partial charge in [0.15, 0.2) is 0 Å². The van der Waals surface area contributed by atoms with Gasteiger partial charge in [-0.15, -0.1) is 0 Å². The fraction of sp³-hybridized carbons (Fsp3) is 0.750. The molecule has 2 rings (SSSR count). The maximum Gasteiger partial charge on any atom is 0.218 e. The van der Waals surface area contributed by atoms with Gasteiger partial charge in [0.05, 0.1) is 6.61 Å². The first-order chi connectivity index (χ1) is 10.2. The van der Waals surface area contributed by atoms with Crippen molar-refractivity contribution in [3.05, 3.63) is 12.4 Å². The first-order valence-corrected chi connectivity index (χ1v) is 8.15. The summed E-state index contributed by atoms with van der Waals surface area (Å²) in [5, 5.41) is 3.61. The summed E-state index contributed by atoms with van der Waals surface area (Å²) in [7, 11) is 0. The molecule has 0 amide bonds. The number of nitrogens with one attached hydrogen (secondary N) is 1. The number of anilines is 1. The van der Waals surface area contributed by atoms with Crippen molar-refractivity contribution in [1.82, 2.24) is 15.3 Å². The zero-order valence-corrected chi connectivity index (χ0v) is 13.5. The van der Waals surface area contributed by atoms with Gasteiger partial charge in [-0.2, -0.15) is 0 Å². The number of aromatic nitrogens is 2. The highest BCUT2D eigenvalue weighted by Gasteiger charge is 2.20. The van der Waals surface area contributed by atoms with Crippen LogP contribution in [0.5, 0.6) is 5.88 Å². The van der Waals surface area contributed by atoms with Gasteiger partial charge in [0.25, 0.3) is 0 Å². The summed E-state index contributed by atoms with van der Waals surface area (Å²) >= 11 is 0. The van der Waals surface area contributed by atoms with Gasteiger partial charge in [0.2, 0.25) is 5.88 Å². The molecule has 1 saturated heterocycles. The molecule has 1 fully saturated rings. The van der Waals surface area contributed by atoms with E-state index in [0.717, 1.165) is 25.3 Å². The second kappa shape index (κ2) is 8.17. The standard InChI is InChI=1S/C16H28N4O/c1-4-9-21-16-10-15(18-12-19-16)20(13(2)3)11-14-7-5-6-8-17-14/h10,12-14,17H,4-9,11H2,1-3H3. The Morgan fingerprint density at radius 3 is 2.90 bits per heavy atom. The van der Waals surface area contributed by atoms with Gasteiger partial charge in [0, 0.05) is 24.7 Å². The van der Waals surface area contributed by atoms with Gasteiger partial charge in [-0.3, -0.25) is 0 Å². The Morgan fingerprint density at radius 2 is 2.24 bits per heavy atom. The molecule has 1 aliphatic rings. The van der Waals surface area contributed by atoms with Gasteiger partial charge < -0.3 is 15.0 Å². The molecule has 1 aromatic heterocycles. The van der Waals surface area contributed by atoms with E-state index in [0.29, 0.717) is 24.6 Å². The highest BCUT2D eigenvalue weighted by Crippen LogP contribution is 2.20. The summed E-state index contributed by atoms with van der Waals surface area (Å²) in [4.78, 5) is 11.0. The number of piperidine rings is 1. The smallest absolute Gasteiger partial charge is 0.218 e. The number of hydrogen-bond acceptors (Lipinski definition) is 5. The lowest BCUT2D eigenvalue weighted by atomic mass is 10.0. The van der Waals surface area contributed by atoms with E-state index in [2.05, 4.69) is 41.0 Å². The lowest BCUT2D eigenvalue weighted by Crippen LogP contribution is -2.46. The molecule has 118 valence electrons. The van der Waals surface area contributed by atoms with Crippen molar-refractivity contribution >= 4 is 5.82 Å². The van der Waals surface area contributed by atoms with E-state index in [-0.39, 0.29) is 0 Å². The van der Waals surface area contributed by atoms with Crippen molar-refractivity contribution in [2.24, 2.45) is 0 Å². The highest BCUT2D eigenvalue weighted by molar-refractivity contribution is 5.42. The molecule has 2 heterocycles. The number of rotatable bonds is 7. The quantitative estimate of drug-likeness (QED) is 0.837. The number of hydrogen-bond donors (Lipinski definition) is 1. The minimum atomic E-state index is 0.405. The van der Waals surface area contributed by atoms with Crippen LogP contribution in [0.1, 0.15) is 46.5 Å². The van der Waals surface area contributed by atoms with Gasteiger partial charge in [0.1, 0.15) is 12.1 Å². The van der Waals surface area contributed by atoms with Crippen LogP contribution in [0.3, 0.4) is 0 Å². The second-order valence-corrected chi connectivity index (χ2v) is 5.96. The molecule has 1 atom stereocenters. The molecule has 1 N–H and O–H groups in total. The van der Waals surface area contributed by atoms with Crippen LogP contribution in [0.15, 0.2) is 12.4 Å². The maximum atomic E-state index is 5.62. The molecule has 1 unspecified atom stereocenters. The molecule has 0 radical (unpaired) electrons. The van der Waals surface area contributed by atoms with Crippen molar-refractivity contribution < 1.29 is 4.74 Å². The largest absolute Gasteiger partial charge is 0.478 e. The predicted octanol–water partition coefficient (Wildman–Crippen LogP) is 2.62. The monoisotopic (exact) mass is 292 g/mol. The molecular formula is C16H28N4O. The topological polar surface area (TPSA) is 50.3 Å². The fourth-order valence-electron chi connectivity index (χ4n) is 2.66. The summed E-state index contributed by atoms with van der Waals surface area (Å²) in [5.41, 5.74) is 0. The van der Waals surface area contributed by atoms with Crippen molar-refractivity contribution in [3.63, 3.8) is 0 Å². The van der Waals surface area contributed by atoms with Crippen LogP contribution < -0.4 is 15.0 Å². The zero-order chi connectivity index (χ0) is 15.1. The van der Waals surface area contributed by atoms with Crippen LogP contribution >= 0.6 is 0 Å². The summed E-state index contributed by atoms with van der Waals surface area (Å²) in [6.45, 7) is 9.32. The van der Waals surface area contributed by atoms with Crippen molar-refractivity contribution in [3.8, 4) is 5.88 Å². The van der Waals surface area contributed by atoms with E-state index in [9.17, 15) is 0 Å². The predicted molar refractivity (Wildman–Crippen MR) is 85.9 cm³/mol. The Labute approximate surface area is 128 Å². The van der Waals surface area contributed by atoms with Gasteiger partial charge >= 0.3 is 0 Å². The summed E-state index contributed by atoms with van der Waals surface area (Å²) < 4.78 is 5.62. The Bertz CT molecular complexity index is 418. The summed E-state index contributed by atoms with van der Waals surface area (Å²) in [5.74, 6) is 1.63. The van der Waals surface area contributed by atoms with Crippen LogP contribution in [0.2, 0.25) is 0 Å². The summed E-state index contributed by atoms with van der Waals surface area (Å²) in [6, 6.07) is 2.91. The van der Waals surface area contributed by atoms with Crippen molar-refractivity contribution in [1.29, 1.82) is 0 Å². The number of nitrogens with zero attached hydrogens (tertiary/aromatic N) is 3. The van der Waals surface area contributed by atoms with Crippen LogP contribution in [0.4, 0.5) is 5.82 Å². The molecule has 1 aliphatic heterocycles. The van der Waals surface area contributed by atoms with Crippen LogP contribution in [-0.4, -0.2) is 41.7 Å². The van der Waals surface area contributed by atoms with E-state index in [4.69, 9.17) is 4.74 Å².